The molecule has 0 aliphatic carbocycles. The van der Waals surface area contributed by atoms with Gasteiger partial charge in [-0.05, 0) is 31.2 Å². The number of hydrogen-bond acceptors (Lipinski definition) is 7. The predicted octanol–water partition coefficient (Wildman–Crippen LogP) is 3.04. The van der Waals surface area contributed by atoms with Crippen molar-refractivity contribution < 1.29 is 4.79 Å². The number of nitrogens with one attached hydrogen (secondary N) is 1. The number of pyridine rings is 1. The first kappa shape index (κ1) is 18.9. The number of tetrazole rings is 1. The molecule has 3 aromatic heterocycles. The minimum Gasteiger partial charge on any atom is -0.345 e. The molecule has 0 saturated carbocycles. The SMILES string of the molecule is Cc1ccc(-c2nnn(CC(=O)NC(C)c3nc(-c4cccnc4)cs3)n2)cc1. The molecule has 3 heterocycles. The van der Waals surface area contributed by atoms with Crippen LogP contribution in [0.3, 0.4) is 0 Å². The number of amides is 1. The molecular weight excluding hydrogens is 386 g/mol. The van der Waals surface area contributed by atoms with Crippen molar-refractivity contribution in [2.75, 3.05) is 0 Å². The smallest absolute Gasteiger partial charge is 0.244 e. The van der Waals surface area contributed by atoms with Crippen LogP contribution < -0.4 is 5.32 Å². The number of aromatic nitrogens is 6. The summed E-state index contributed by atoms with van der Waals surface area (Å²) in [4.78, 5) is 22.4. The second-order valence-electron chi connectivity index (χ2n) is 6.61. The zero-order valence-corrected chi connectivity index (χ0v) is 16.8. The Kier molecular flexibility index (Phi) is 5.39. The summed E-state index contributed by atoms with van der Waals surface area (Å²) in [6.07, 6.45) is 3.49. The monoisotopic (exact) mass is 405 g/mol. The maximum atomic E-state index is 12.4. The summed E-state index contributed by atoms with van der Waals surface area (Å²) in [7, 11) is 0. The van der Waals surface area contributed by atoms with Crippen LogP contribution in [0.2, 0.25) is 0 Å². The molecular formula is C20H19N7OS. The van der Waals surface area contributed by atoms with Crippen molar-refractivity contribution >= 4 is 17.2 Å². The number of aryl methyl sites for hydroxylation is 1. The average Bonchev–Trinajstić information content (AvgIpc) is 3.39. The van der Waals surface area contributed by atoms with Crippen molar-refractivity contribution in [3.8, 4) is 22.6 Å². The van der Waals surface area contributed by atoms with Gasteiger partial charge in [0.1, 0.15) is 11.6 Å². The fourth-order valence-corrected chi connectivity index (χ4v) is 3.57. The van der Waals surface area contributed by atoms with Gasteiger partial charge in [-0.2, -0.15) is 4.80 Å². The number of benzene rings is 1. The molecule has 0 saturated heterocycles. The summed E-state index contributed by atoms with van der Waals surface area (Å²) < 4.78 is 0. The Labute approximate surface area is 171 Å². The molecule has 0 spiro atoms. The summed E-state index contributed by atoms with van der Waals surface area (Å²) in [5, 5.41) is 18.0. The molecule has 0 aliphatic rings. The van der Waals surface area contributed by atoms with Gasteiger partial charge >= 0.3 is 0 Å². The first-order valence-corrected chi connectivity index (χ1v) is 9.96. The maximum Gasteiger partial charge on any atom is 0.244 e. The zero-order chi connectivity index (χ0) is 20.2. The van der Waals surface area contributed by atoms with E-state index in [9.17, 15) is 4.79 Å². The molecule has 1 N–H and O–H groups in total. The van der Waals surface area contributed by atoms with Crippen molar-refractivity contribution in [3.63, 3.8) is 0 Å². The maximum absolute atomic E-state index is 12.4. The molecule has 0 aliphatic heterocycles. The highest BCUT2D eigenvalue weighted by Gasteiger charge is 2.16. The van der Waals surface area contributed by atoms with E-state index in [1.807, 2.05) is 55.6 Å². The summed E-state index contributed by atoms with van der Waals surface area (Å²) in [6, 6.07) is 11.4. The minimum absolute atomic E-state index is 0.00988. The van der Waals surface area contributed by atoms with Crippen LogP contribution in [0, 0.1) is 6.92 Å². The van der Waals surface area contributed by atoms with E-state index in [0.717, 1.165) is 27.4 Å². The molecule has 0 bridgehead atoms. The molecule has 1 atom stereocenters. The number of carbonyl (C=O) groups excluding carboxylic acids is 1. The standard InChI is InChI=1S/C20H19N7OS/c1-13-5-7-15(8-6-13)19-24-26-27(25-19)11-18(28)22-14(2)20-23-17(12-29-20)16-4-3-9-21-10-16/h3-10,12,14H,11H2,1-2H3,(H,22,28). The van der Waals surface area contributed by atoms with Gasteiger partial charge in [-0.1, -0.05) is 29.8 Å². The van der Waals surface area contributed by atoms with Crippen molar-refractivity contribution in [3.05, 3.63) is 64.7 Å². The third-order valence-electron chi connectivity index (χ3n) is 4.27. The second kappa shape index (κ2) is 8.27. The van der Waals surface area contributed by atoms with Crippen LogP contribution in [-0.2, 0) is 11.3 Å². The lowest BCUT2D eigenvalue weighted by atomic mass is 10.1. The van der Waals surface area contributed by atoms with Gasteiger partial charge in [0.15, 0.2) is 0 Å². The van der Waals surface area contributed by atoms with Gasteiger partial charge in [0, 0.05) is 28.9 Å². The quantitative estimate of drug-likeness (QED) is 0.529. The molecule has 1 unspecified atom stereocenters. The van der Waals surface area contributed by atoms with Crippen LogP contribution in [0.5, 0.6) is 0 Å². The van der Waals surface area contributed by atoms with Crippen LogP contribution in [0.25, 0.3) is 22.6 Å². The van der Waals surface area contributed by atoms with Gasteiger partial charge in [0.25, 0.3) is 0 Å². The number of rotatable bonds is 6. The van der Waals surface area contributed by atoms with Crippen molar-refractivity contribution in [1.82, 2.24) is 35.5 Å². The Morgan fingerprint density at radius 1 is 1.21 bits per heavy atom. The van der Waals surface area contributed by atoms with Gasteiger partial charge < -0.3 is 5.32 Å². The predicted molar refractivity (Wildman–Crippen MR) is 110 cm³/mol. The third kappa shape index (κ3) is 4.52. The first-order chi connectivity index (χ1) is 14.1. The topological polar surface area (TPSA) is 98.5 Å². The van der Waals surface area contributed by atoms with E-state index in [2.05, 4.69) is 30.7 Å². The van der Waals surface area contributed by atoms with E-state index in [-0.39, 0.29) is 18.5 Å². The molecule has 1 amide bonds. The summed E-state index contributed by atoms with van der Waals surface area (Å²) in [5.41, 5.74) is 3.81. The zero-order valence-electron chi connectivity index (χ0n) is 16.0. The lowest BCUT2D eigenvalue weighted by Crippen LogP contribution is -2.30. The Hall–Kier alpha value is -3.46. The molecule has 9 heteroatoms. The minimum atomic E-state index is -0.224. The van der Waals surface area contributed by atoms with Gasteiger partial charge in [-0.3, -0.25) is 9.78 Å². The largest absolute Gasteiger partial charge is 0.345 e. The van der Waals surface area contributed by atoms with Crippen LogP contribution in [0.4, 0.5) is 0 Å². The molecule has 4 rings (SSSR count). The first-order valence-electron chi connectivity index (χ1n) is 9.08. The lowest BCUT2D eigenvalue weighted by molar-refractivity contribution is -0.122. The normalized spacial score (nSPS) is 11.9. The van der Waals surface area contributed by atoms with Gasteiger partial charge in [-0.25, -0.2) is 4.98 Å². The van der Waals surface area contributed by atoms with Crippen molar-refractivity contribution in [2.24, 2.45) is 0 Å². The molecule has 0 fully saturated rings. The van der Waals surface area contributed by atoms with Crippen molar-refractivity contribution in [1.29, 1.82) is 0 Å². The number of hydrogen-bond donors (Lipinski definition) is 1. The Morgan fingerprint density at radius 2 is 2.03 bits per heavy atom. The van der Waals surface area contributed by atoms with E-state index >= 15 is 0 Å². The van der Waals surface area contributed by atoms with Gasteiger partial charge in [0.05, 0.1) is 11.7 Å². The van der Waals surface area contributed by atoms with Crippen LogP contribution in [0.15, 0.2) is 54.2 Å². The number of thiazole rings is 1. The highest BCUT2D eigenvalue weighted by molar-refractivity contribution is 7.10. The Morgan fingerprint density at radius 3 is 2.79 bits per heavy atom. The van der Waals surface area contributed by atoms with Crippen LogP contribution in [0.1, 0.15) is 23.5 Å². The van der Waals surface area contributed by atoms with E-state index < -0.39 is 0 Å². The molecule has 146 valence electrons. The molecule has 1 aromatic carbocycles. The molecule has 0 radical (unpaired) electrons. The fraction of sp³-hybridized carbons (Fsp3) is 0.200. The third-order valence-corrected chi connectivity index (χ3v) is 5.30. The van der Waals surface area contributed by atoms with E-state index in [1.54, 1.807) is 12.4 Å². The lowest BCUT2D eigenvalue weighted by Gasteiger charge is -2.10. The molecule has 4 aromatic rings. The average molecular weight is 405 g/mol. The van der Waals surface area contributed by atoms with E-state index in [4.69, 9.17) is 0 Å². The Bertz CT molecular complexity index is 1110. The summed E-state index contributed by atoms with van der Waals surface area (Å²) >= 11 is 1.50. The van der Waals surface area contributed by atoms with Crippen LogP contribution in [-0.4, -0.2) is 36.1 Å². The Balaban J connectivity index is 1.37. The number of nitrogens with zero attached hydrogens (tertiary/aromatic N) is 6. The second-order valence-corrected chi connectivity index (χ2v) is 7.50. The van der Waals surface area contributed by atoms with Gasteiger partial charge in [-0.15, -0.1) is 21.5 Å². The van der Waals surface area contributed by atoms with Crippen molar-refractivity contribution in [2.45, 2.75) is 26.4 Å². The fourth-order valence-electron chi connectivity index (χ4n) is 2.74. The van der Waals surface area contributed by atoms with E-state index in [1.165, 1.54) is 16.1 Å². The number of carbonyl (C=O) groups is 1. The highest BCUT2D eigenvalue weighted by atomic mass is 32.1. The molecule has 29 heavy (non-hydrogen) atoms. The highest BCUT2D eigenvalue weighted by Crippen LogP contribution is 2.24. The van der Waals surface area contributed by atoms with Crippen LogP contribution >= 0.6 is 11.3 Å². The summed E-state index contributed by atoms with van der Waals surface area (Å²) in [5.74, 6) is 0.287. The van der Waals surface area contributed by atoms with E-state index in [0.29, 0.717) is 5.82 Å². The molecule has 8 nitrogen and oxygen atoms in total. The van der Waals surface area contributed by atoms with Gasteiger partial charge in [0.2, 0.25) is 11.7 Å². The summed E-state index contributed by atoms with van der Waals surface area (Å²) in [6.45, 7) is 3.90.